The Morgan fingerprint density at radius 1 is 0.947 bits per heavy atom. The molecule has 0 aliphatic carbocycles. The molecule has 100 valence electrons. The zero-order valence-corrected chi connectivity index (χ0v) is 16.6. The maximum Gasteiger partial charge on any atom is 1.00 e. The Morgan fingerprint density at radius 2 is 1.26 bits per heavy atom. The van der Waals surface area contributed by atoms with E-state index in [1.54, 1.807) is 0 Å². The number of rotatable bonds is 1. The largest absolute Gasteiger partial charge is 1.00 e. The van der Waals surface area contributed by atoms with Gasteiger partial charge in [0.05, 0.1) is 5.97 Å². The Labute approximate surface area is 159 Å². The molecule has 3 heteroatoms. The topological polar surface area (TPSA) is 40.1 Å². The third kappa shape index (κ3) is 4.67. The van der Waals surface area contributed by atoms with Gasteiger partial charge in [0.25, 0.3) is 0 Å². The van der Waals surface area contributed by atoms with Crippen LogP contribution in [0.4, 0.5) is 0 Å². The van der Waals surface area contributed by atoms with Crippen molar-refractivity contribution in [3.8, 4) is 0 Å². The van der Waals surface area contributed by atoms with E-state index in [1.807, 2.05) is 60.6 Å². The van der Waals surface area contributed by atoms with Gasteiger partial charge in [-0.25, -0.2) is 0 Å². The van der Waals surface area contributed by atoms with Crippen LogP contribution in [0.3, 0.4) is 0 Å². The molecule has 0 fully saturated rings. The van der Waals surface area contributed by atoms with Gasteiger partial charge < -0.3 is 9.90 Å². The summed E-state index contributed by atoms with van der Waals surface area (Å²) in [7, 11) is 0. The number of carbonyl (C=O) groups excluding carboxylic acids is 1. The van der Waals surface area contributed by atoms with E-state index in [-0.39, 0.29) is 62.2 Å². The summed E-state index contributed by atoms with van der Waals surface area (Å²) in [6, 6.07) is 3.92. The van der Waals surface area contributed by atoms with Gasteiger partial charge in [-0.3, -0.25) is 0 Å². The predicted molar refractivity (Wildman–Crippen MR) is 72.9 cm³/mol. The number of carboxylic acid groups (broad SMARTS) is 1. The average molecular weight is 286 g/mol. The number of hydrogen-bond donors (Lipinski definition) is 0. The first kappa shape index (κ1) is 19.3. The summed E-state index contributed by atoms with van der Waals surface area (Å²) in [4.78, 5) is 11.5. The van der Waals surface area contributed by atoms with Crippen LogP contribution < -0.4 is 56.5 Å². The van der Waals surface area contributed by atoms with Gasteiger partial charge in [0.1, 0.15) is 0 Å². The van der Waals surface area contributed by atoms with E-state index in [0.29, 0.717) is 5.56 Å². The Bertz CT molecular complexity index is 441. The van der Waals surface area contributed by atoms with Crippen molar-refractivity contribution in [2.24, 2.45) is 0 Å². The SMILES string of the molecule is Cc1cc(C(C)(C)C)c(C(=O)[O-])c(C(C)(C)C)c1.[K+]. The second kappa shape index (κ2) is 6.40. The van der Waals surface area contributed by atoms with Crippen molar-refractivity contribution in [3.05, 3.63) is 34.4 Å². The molecule has 0 saturated carbocycles. The number of hydrogen-bond acceptors (Lipinski definition) is 2. The number of carboxylic acids is 1. The molecule has 0 spiro atoms. The number of benzene rings is 1. The summed E-state index contributed by atoms with van der Waals surface area (Å²) in [6.07, 6.45) is 0. The fourth-order valence-corrected chi connectivity index (χ4v) is 2.19. The van der Waals surface area contributed by atoms with E-state index < -0.39 is 5.97 Å². The normalized spacial score (nSPS) is 11.9. The Kier molecular flexibility index (Phi) is 6.51. The number of carbonyl (C=O) groups is 1. The zero-order valence-electron chi connectivity index (χ0n) is 13.5. The molecule has 0 aliphatic heterocycles. The molecular weight excluding hydrogens is 263 g/mol. The second-order valence-electron chi connectivity index (χ2n) is 7.02. The van der Waals surface area contributed by atoms with Crippen LogP contribution in [0.2, 0.25) is 0 Å². The van der Waals surface area contributed by atoms with Crippen LogP contribution >= 0.6 is 0 Å². The second-order valence-corrected chi connectivity index (χ2v) is 7.02. The molecule has 1 aromatic rings. The summed E-state index contributed by atoms with van der Waals surface area (Å²) in [5.41, 5.74) is 2.75. The minimum atomic E-state index is -1.08. The number of aromatic carboxylic acids is 1. The van der Waals surface area contributed by atoms with Crippen molar-refractivity contribution in [2.75, 3.05) is 0 Å². The molecule has 1 aromatic carbocycles. The predicted octanol–water partition coefficient (Wildman–Crippen LogP) is -0.0425. The van der Waals surface area contributed by atoms with Gasteiger partial charge in [0.2, 0.25) is 0 Å². The minimum absolute atomic E-state index is 0. The Hall–Kier alpha value is 0.326. The van der Waals surface area contributed by atoms with E-state index in [9.17, 15) is 9.90 Å². The van der Waals surface area contributed by atoms with Crippen LogP contribution in [0, 0.1) is 6.92 Å². The summed E-state index contributed by atoms with van der Waals surface area (Å²) in [5.74, 6) is -1.08. The van der Waals surface area contributed by atoms with Crippen molar-refractivity contribution in [3.63, 3.8) is 0 Å². The van der Waals surface area contributed by atoms with Crippen LogP contribution in [-0.4, -0.2) is 5.97 Å². The van der Waals surface area contributed by atoms with Gasteiger partial charge in [0.15, 0.2) is 0 Å². The van der Waals surface area contributed by atoms with Crippen molar-refractivity contribution >= 4 is 5.97 Å². The fraction of sp³-hybridized carbons (Fsp3) is 0.562. The van der Waals surface area contributed by atoms with Gasteiger partial charge in [-0.2, -0.15) is 0 Å². The smallest absolute Gasteiger partial charge is 0.545 e. The molecule has 19 heavy (non-hydrogen) atoms. The Morgan fingerprint density at radius 3 is 1.47 bits per heavy atom. The molecular formula is C16H23KO2. The van der Waals surface area contributed by atoms with Crippen molar-refractivity contribution in [1.82, 2.24) is 0 Å². The van der Waals surface area contributed by atoms with Crippen LogP contribution in [0.15, 0.2) is 12.1 Å². The molecule has 0 unspecified atom stereocenters. The fourth-order valence-electron chi connectivity index (χ4n) is 2.19. The summed E-state index contributed by atoms with van der Waals surface area (Å²) in [6.45, 7) is 14.2. The third-order valence-corrected chi connectivity index (χ3v) is 3.10. The molecule has 0 aromatic heterocycles. The summed E-state index contributed by atoms with van der Waals surface area (Å²) < 4.78 is 0. The van der Waals surface area contributed by atoms with Gasteiger partial charge in [-0.05, 0) is 28.9 Å². The van der Waals surface area contributed by atoms with Gasteiger partial charge in [0, 0.05) is 5.56 Å². The first-order valence-electron chi connectivity index (χ1n) is 6.31. The molecule has 0 aliphatic rings. The first-order chi connectivity index (χ1) is 7.94. The average Bonchev–Trinajstić information content (AvgIpc) is 2.12. The number of aryl methyl sites for hydroxylation is 1. The molecule has 0 radical (unpaired) electrons. The molecule has 0 heterocycles. The summed E-state index contributed by atoms with van der Waals surface area (Å²) in [5, 5.41) is 11.5. The van der Waals surface area contributed by atoms with Gasteiger partial charge in [-0.1, -0.05) is 59.2 Å². The standard InChI is InChI=1S/C16H24O2.K/c1-10-8-11(15(2,3)4)13(14(17)18)12(9-10)16(5,6)7;/h8-9H,1-7H3,(H,17,18);/q;+1/p-1. The van der Waals surface area contributed by atoms with Crippen LogP contribution in [0.5, 0.6) is 0 Å². The van der Waals surface area contributed by atoms with Crippen LogP contribution in [-0.2, 0) is 10.8 Å². The maximum absolute atomic E-state index is 11.5. The molecule has 0 amide bonds. The van der Waals surface area contributed by atoms with Crippen LogP contribution in [0.25, 0.3) is 0 Å². The molecule has 0 atom stereocenters. The Balaban J connectivity index is 0.00000324. The molecule has 0 saturated heterocycles. The van der Waals surface area contributed by atoms with Gasteiger partial charge >= 0.3 is 51.4 Å². The minimum Gasteiger partial charge on any atom is -0.545 e. The van der Waals surface area contributed by atoms with Gasteiger partial charge in [-0.15, -0.1) is 0 Å². The van der Waals surface area contributed by atoms with Crippen molar-refractivity contribution < 1.29 is 61.3 Å². The first-order valence-corrected chi connectivity index (χ1v) is 6.31. The third-order valence-electron chi connectivity index (χ3n) is 3.10. The molecule has 2 nitrogen and oxygen atoms in total. The van der Waals surface area contributed by atoms with Crippen molar-refractivity contribution in [2.45, 2.75) is 59.3 Å². The monoisotopic (exact) mass is 286 g/mol. The van der Waals surface area contributed by atoms with E-state index in [0.717, 1.165) is 16.7 Å². The van der Waals surface area contributed by atoms with E-state index in [4.69, 9.17) is 0 Å². The molecule has 0 bridgehead atoms. The van der Waals surface area contributed by atoms with E-state index >= 15 is 0 Å². The molecule has 0 N–H and O–H groups in total. The van der Waals surface area contributed by atoms with E-state index in [1.165, 1.54) is 0 Å². The molecule has 1 rings (SSSR count). The zero-order chi connectivity index (χ0) is 14.3. The maximum atomic E-state index is 11.5. The van der Waals surface area contributed by atoms with Crippen LogP contribution in [0.1, 0.15) is 68.6 Å². The quantitative estimate of drug-likeness (QED) is 0.680. The summed E-state index contributed by atoms with van der Waals surface area (Å²) >= 11 is 0. The van der Waals surface area contributed by atoms with E-state index in [2.05, 4.69) is 0 Å². The van der Waals surface area contributed by atoms with Crippen molar-refractivity contribution in [1.29, 1.82) is 0 Å².